The molecule has 0 spiro atoms. The molecule has 0 saturated carbocycles. The van der Waals surface area contributed by atoms with E-state index in [0.29, 0.717) is 16.5 Å². The summed E-state index contributed by atoms with van der Waals surface area (Å²) in [5.41, 5.74) is 6.91. The Bertz CT molecular complexity index is 557. The van der Waals surface area contributed by atoms with Crippen molar-refractivity contribution in [2.24, 2.45) is 0 Å². The molecule has 4 heteroatoms. The number of nitrogen functional groups attached to an aromatic ring is 1. The van der Waals surface area contributed by atoms with Crippen LogP contribution in [0.4, 0.5) is 10.1 Å². The standard InChI is InChI=1S/C13H11ClFNO/c1-8-2-4-10(14)13(6-8)17-12-5-3-9(15)7-11(12)16/h2-7H,16H2,1H3. The molecular formula is C13H11ClFNO. The molecule has 2 aromatic rings. The van der Waals surface area contributed by atoms with Gasteiger partial charge in [-0.2, -0.15) is 0 Å². The lowest BCUT2D eigenvalue weighted by Crippen LogP contribution is -1.93. The van der Waals surface area contributed by atoms with Crippen LogP contribution in [0.15, 0.2) is 36.4 Å². The molecule has 0 fully saturated rings. The monoisotopic (exact) mass is 251 g/mol. The summed E-state index contributed by atoms with van der Waals surface area (Å²) in [5, 5.41) is 0.485. The first-order chi connectivity index (χ1) is 8.06. The normalized spacial score (nSPS) is 10.3. The lowest BCUT2D eigenvalue weighted by molar-refractivity contribution is 0.483. The highest BCUT2D eigenvalue weighted by molar-refractivity contribution is 6.32. The third-order valence-corrected chi connectivity index (χ3v) is 2.59. The molecule has 0 aromatic heterocycles. The lowest BCUT2D eigenvalue weighted by Gasteiger charge is -2.10. The molecule has 0 bridgehead atoms. The number of halogens is 2. The Morgan fingerprint density at radius 1 is 1.12 bits per heavy atom. The molecule has 0 atom stereocenters. The fourth-order valence-electron chi connectivity index (χ4n) is 1.42. The second kappa shape index (κ2) is 4.63. The predicted molar refractivity (Wildman–Crippen MR) is 67.1 cm³/mol. The minimum Gasteiger partial charge on any atom is -0.454 e. The Hall–Kier alpha value is -1.74. The fourth-order valence-corrected chi connectivity index (χ4v) is 1.58. The first-order valence-electron chi connectivity index (χ1n) is 5.05. The van der Waals surface area contributed by atoms with Crippen LogP contribution in [0.2, 0.25) is 5.02 Å². The summed E-state index contributed by atoms with van der Waals surface area (Å²) in [6.07, 6.45) is 0. The summed E-state index contributed by atoms with van der Waals surface area (Å²) in [6, 6.07) is 9.39. The third-order valence-electron chi connectivity index (χ3n) is 2.28. The van der Waals surface area contributed by atoms with Crippen LogP contribution in [-0.4, -0.2) is 0 Å². The van der Waals surface area contributed by atoms with Gasteiger partial charge in [-0.15, -0.1) is 0 Å². The molecule has 0 amide bonds. The van der Waals surface area contributed by atoms with Crippen molar-refractivity contribution in [2.45, 2.75) is 6.92 Å². The van der Waals surface area contributed by atoms with Crippen molar-refractivity contribution >= 4 is 17.3 Å². The van der Waals surface area contributed by atoms with E-state index < -0.39 is 5.82 Å². The van der Waals surface area contributed by atoms with Gasteiger partial charge in [0.2, 0.25) is 0 Å². The molecule has 0 heterocycles. The Morgan fingerprint density at radius 2 is 1.88 bits per heavy atom. The van der Waals surface area contributed by atoms with Crippen LogP contribution in [0.5, 0.6) is 11.5 Å². The first kappa shape index (κ1) is 11.7. The zero-order chi connectivity index (χ0) is 12.4. The fraction of sp³-hybridized carbons (Fsp3) is 0.0769. The lowest BCUT2D eigenvalue weighted by atomic mass is 10.2. The quantitative estimate of drug-likeness (QED) is 0.814. The predicted octanol–water partition coefficient (Wildman–Crippen LogP) is 4.16. The minimum atomic E-state index is -0.398. The number of anilines is 1. The third kappa shape index (κ3) is 2.68. The number of benzene rings is 2. The summed E-state index contributed by atoms with van der Waals surface area (Å²) in [7, 11) is 0. The van der Waals surface area contributed by atoms with Crippen LogP contribution >= 0.6 is 11.6 Å². The number of hydrogen-bond donors (Lipinski definition) is 1. The van der Waals surface area contributed by atoms with Crippen LogP contribution in [0.3, 0.4) is 0 Å². The van der Waals surface area contributed by atoms with E-state index in [0.717, 1.165) is 5.56 Å². The summed E-state index contributed by atoms with van der Waals surface area (Å²) in [6.45, 7) is 1.93. The highest BCUT2D eigenvalue weighted by atomic mass is 35.5. The van der Waals surface area contributed by atoms with Crippen molar-refractivity contribution in [3.8, 4) is 11.5 Å². The Labute approximate surface area is 104 Å². The highest BCUT2D eigenvalue weighted by Crippen LogP contribution is 2.33. The van der Waals surface area contributed by atoms with Gasteiger partial charge in [0.25, 0.3) is 0 Å². The van der Waals surface area contributed by atoms with Gasteiger partial charge in [-0.1, -0.05) is 17.7 Å². The zero-order valence-electron chi connectivity index (χ0n) is 9.21. The largest absolute Gasteiger partial charge is 0.454 e. The molecule has 0 unspecified atom stereocenters. The van der Waals surface area contributed by atoms with Crippen molar-refractivity contribution in [3.63, 3.8) is 0 Å². The van der Waals surface area contributed by atoms with E-state index in [4.69, 9.17) is 22.1 Å². The molecule has 88 valence electrons. The molecule has 2 rings (SSSR count). The summed E-state index contributed by atoms with van der Waals surface area (Å²) >= 11 is 5.99. The van der Waals surface area contributed by atoms with Gasteiger partial charge in [-0.25, -0.2) is 4.39 Å². The van der Waals surface area contributed by atoms with Crippen molar-refractivity contribution in [1.82, 2.24) is 0 Å². The van der Waals surface area contributed by atoms with E-state index in [1.165, 1.54) is 18.2 Å². The first-order valence-corrected chi connectivity index (χ1v) is 5.43. The topological polar surface area (TPSA) is 35.2 Å². The SMILES string of the molecule is Cc1ccc(Cl)c(Oc2ccc(F)cc2N)c1. The van der Waals surface area contributed by atoms with Crippen molar-refractivity contribution in [1.29, 1.82) is 0 Å². The van der Waals surface area contributed by atoms with Gasteiger partial charge in [0.1, 0.15) is 11.6 Å². The van der Waals surface area contributed by atoms with E-state index in [-0.39, 0.29) is 5.69 Å². The van der Waals surface area contributed by atoms with E-state index in [2.05, 4.69) is 0 Å². The van der Waals surface area contributed by atoms with Crippen molar-refractivity contribution < 1.29 is 9.13 Å². The minimum absolute atomic E-state index is 0.238. The highest BCUT2D eigenvalue weighted by Gasteiger charge is 2.07. The molecule has 2 aromatic carbocycles. The molecule has 0 aliphatic heterocycles. The Kier molecular flexibility index (Phi) is 3.20. The van der Waals surface area contributed by atoms with Crippen LogP contribution in [0, 0.1) is 12.7 Å². The van der Waals surface area contributed by atoms with Crippen LogP contribution < -0.4 is 10.5 Å². The zero-order valence-corrected chi connectivity index (χ0v) is 9.96. The number of aryl methyl sites for hydroxylation is 1. The number of rotatable bonds is 2. The summed E-state index contributed by atoms with van der Waals surface area (Å²) in [4.78, 5) is 0. The smallest absolute Gasteiger partial charge is 0.150 e. The van der Waals surface area contributed by atoms with Gasteiger partial charge in [0, 0.05) is 6.07 Å². The average molecular weight is 252 g/mol. The molecule has 0 radical (unpaired) electrons. The van der Waals surface area contributed by atoms with Gasteiger partial charge in [-0.05, 0) is 36.8 Å². The van der Waals surface area contributed by atoms with Crippen molar-refractivity contribution in [3.05, 3.63) is 52.8 Å². The van der Waals surface area contributed by atoms with Gasteiger partial charge >= 0.3 is 0 Å². The van der Waals surface area contributed by atoms with Crippen LogP contribution in [0.25, 0.3) is 0 Å². The Balaban J connectivity index is 2.34. The maximum atomic E-state index is 12.9. The maximum absolute atomic E-state index is 12.9. The second-order valence-electron chi connectivity index (χ2n) is 3.72. The molecule has 0 saturated heterocycles. The van der Waals surface area contributed by atoms with Gasteiger partial charge in [0.05, 0.1) is 10.7 Å². The van der Waals surface area contributed by atoms with Gasteiger partial charge in [0.15, 0.2) is 5.75 Å². The molecular weight excluding hydrogens is 241 g/mol. The number of hydrogen-bond acceptors (Lipinski definition) is 2. The molecule has 0 aliphatic carbocycles. The molecule has 2 N–H and O–H groups in total. The van der Waals surface area contributed by atoms with Crippen molar-refractivity contribution in [2.75, 3.05) is 5.73 Å². The van der Waals surface area contributed by atoms with E-state index in [9.17, 15) is 4.39 Å². The van der Waals surface area contributed by atoms with E-state index >= 15 is 0 Å². The molecule has 0 aliphatic rings. The average Bonchev–Trinajstić information content (AvgIpc) is 2.27. The van der Waals surface area contributed by atoms with Gasteiger partial charge in [-0.3, -0.25) is 0 Å². The summed E-state index contributed by atoms with van der Waals surface area (Å²) < 4.78 is 18.4. The van der Waals surface area contributed by atoms with E-state index in [1.807, 2.05) is 13.0 Å². The Morgan fingerprint density at radius 3 is 2.59 bits per heavy atom. The maximum Gasteiger partial charge on any atom is 0.150 e. The second-order valence-corrected chi connectivity index (χ2v) is 4.13. The van der Waals surface area contributed by atoms with Gasteiger partial charge < -0.3 is 10.5 Å². The van der Waals surface area contributed by atoms with Crippen LogP contribution in [0.1, 0.15) is 5.56 Å². The molecule has 2 nitrogen and oxygen atoms in total. The van der Waals surface area contributed by atoms with Crippen LogP contribution in [-0.2, 0) is 0 Å². The molecule has 17 heavy (non-hydrogen) atoms. The van der Waals surface area contributed by atoms with E-state index in [1.54, 1.807) is 12.1 Å². The number of nitrogens with two attached hydrogens (primary N) is 1. The summed E-state index contributed by atoms with van der Waals surface area (Å²) in [5.74, 6) is 0.495. The number of ether oxygens (including phenoxy) is 1.